The lowest BCUT2D eigenvalue weighted by atomic mass is 10.1. The molecule has 1 aromatic carbocycles. The van der Waals surface area contributed by atoms with Gasteiger partial charge in [0, 0.05) is 22.0 Å². The smallest absolute Gasteiger partial charge is 0.280 e. The first-order chi connectivity index (χ1) is 10.7. The molecule has 2 rings (SSSR count). The Morgan fingerprint density at radius 2 is 1.87 bits per heavy atom. The van der Waals surface area contributed by atoms with E-state index in [1.807, 2.05) is 0 Å². The molecule has 23 heavy (non-hydrogen) atoms. The lowest BCUT2D eigenvalue weighted by Crippen LogP contribution is -2.24. The summed E-state index contributed by atoms with van der Waals surface area (Å²) in [4.78, 5) is 16.4. The van der Waals surface area contributed by atoms with E-state index in [1.165, 1.54) is 18.9 Å². The Kier molecular flexibility index (Phi) is 5.36. The van der Waals surface area contributed by atoms with Gasteiger partial charge in [0.05, 0.1) is 4.90 Å². The first-order valence-corrected chi connectivity index (χ1v) is 10.1. The Morgan fingerprint density at radius 1 is 1.26 bits per heavy atom. The molecule has 0 heterocycles. The standard InChI is InChI=1S/C15H21N3O3S2/c1-9-7-12(22-10-5-3-4-6-10)13(23(2,20)21)8-11(9)14(19)18-15(16)17/h7-8,10H,3-6H2,1-2H3,(H4,16,17,18,19). The summed E-state index contributed by atoms with van der Waals surface area (Å²) in [5.41, 5.74) is 11.3. The molecule has 0 atom stereocenters. The molecule has 0 radical (unpaired) electrons. The van der Waals surface area contributed by atoms with E-state index >= 15 is 0 Å². The van der Waals surface area contributed by atoms with Crippen molar-refractivity contribution in [1.29, 1.82) is 0 Å². The highest BCUT2D eigenvalue weighted by molar-refractivity contribution is 8.00. The Morgan fingerprint density at radius 3 is 2.39 bits per heavy atom. The molecule has 0 unspecified atom stereocenters. The van der Waals surface area contributed by atoms with Gasteiger partial charge in [0.1, 0.15) is 0 Å². The number of guanidine groups is 1. The number of nitrogens with zero attached hydrogens (tertiary/aromatic N) is 1. The summed E-state index contributed by atoms with van der Waals surface area (Å²) >= 11 is 1.58. The zero-order valence-electron chi connectivity index (χ0n) is 13.2. The molecule has 0 spiro atoms. The Balaban J connectivity index is 2.49. The first-order valence-electron chi connectivity index (χ1n) is 7.34. The number of aryl methyl sites for hydroxylation is 1. The Labute approximate surface area is 140 Å². The molecule has 8 heteroatoms. The number of hydrogen-bond donors (Lipinski definition) is 2. The van der Waals surface area contributed by atoms with E-state index in [4.69, 9.17) is 11.5 Å². The molecule has 1 saturated carbocycles. The molecule has 0 aliphatic heterocycles. The van der Waals surface area contributed by atoms with E-state index in [9.17, 15) is 13.2 Å². The van der Waals surface area contributed by atoms with Crippen molar-refractivity contribution >= 4 is 33.5 Å². The number of hydrogen-bond acceptors (Lipinski definition) is 4. The molecule has 4 N–H and O–H groups in total. The highest BCUT2D eigenvalue weighted by Gasteiger charge is 2.23. The summed E-state index contributed by atoms with van der Waals surface area (Å²) in [6, 6.07) is 3.13. The van der Waals surface area contributed by atoms with Gasteiger partial charge in [0.2, 0.25) is 0 Å². The summed E-state index contributed by atoms with van der Waals surface area (Å²) in [5.74, 6) is -0.982. The molecular weight excluding hydrogens is 334 g/mol. The van der Waals surface area contributed by atoms with Crippen molar-refractivity contribution in [2.24, 2.45) is 16.5 Å². The van der Waals surface area contributed by atoms with Crippen molar-refractivity contribution in [1.82, 2.24) is 0 Å². The lowest BCUT2D eigenvalue weighted by Gasteiger charge is -2.15. The quantitative estimate of drug-likeness (QED) is 0.629. The van der Waals surface area contributed by atoms with Crippen molar-refractivity contribution in [2.45, 2.75) is 47.6 Å². The minimum atomic E-state index is -3.46. The molecular formula is C15H21N3O3S2. The lowest BCUT2D eigenvalue weighted by molar-refractivity contribution is 0.100. The van der Waals surface area contributed by atoms with E-state index in [2.05, 4.69) is 4.99 Å². The highest BCUT2D eigenvalue weighted by Crippen LogP contribution is 2.38. The van der Waals surface area contributed by atoms with Crippen LogP contribution < -0.4 is 11.5 Å². The SMILES string of the molecule is Cc1cc(SC2CCCC2)c(S(C)(=O)=O)cc1C(=O)N=C(N)N. The largest absolute Gasteiger partial charge is 0.370 e. The average Bonchev–Trinajstić information content (AvgIpc) is 2.89. The van der Waals surface area contributed by atoms with Crippen molar-refractivity contribution in [3.8, 4) is 0 Å². The average molecular weight is 355 g/mol. The number of aliphatic imine (C=N–C) groups is 1. The fourth-order valence-electron chi connectivity index (χ4n) is 2.64. The van der Waals surface area contributed by atoms with Crippen LogP contribution in [0.15, 0.2) is 26.9 Å². The summed E-state index contributed by atoms with van der Waals surface area (Å²) in [6.45, 7) is 1.75. The van der Waals surface area contributed by atoms with Gasteiger partial charge < -0.3 is 11.5 Å². The number of amides is 1. The fourth-order valence-corrected chi connectivity index (χ4v) is 5.34. The predicted molar refractivity (Wildman–Crippen MR) is 92.5 cm³/mol. The third-order valence-electron chi connectivity index (χ3n) is 3.75. The number of nitrogens with two attached hydrogens (primary N) is 2. The van der Waals surface area contributed by atoms with Crippen molar-refractivity contribution < 1.29 is 13.2 Å². The van der Waals surface area contributed by atoms with Gasteiger partial charge >= 0.3 is 0 Å². The van der Waals surface area contributed by atoms with Crippen LogP contribution in [-0.4, -0.2) is 31.8 Å². The number of carbonyl (C=O) groups is 1. The molecule has 1 aliphatic carbocycles. The van der Waals surface area contributed by atoms with Gasteiger partial charge in [-0.25, -0.2) is 8.42 Å². The van der Waals surface area contributed by atoms with Crippen LogP contribution in [0.4, 0.5) is 0 Å². The maximum atomic E-state index is 12.1. The molecule has 1 aromatic rings. The van der Waals surface area contributed by atoms with Gasteiger partial charge in [0.15, 0.2) is 15.8 Å². The zero-order chi connectivity index (χ0) is 17.2. The van der Waals surface area contributed by atoms with Crippen molar-refractivity contribution in [3.05, 3.63) is 23.3 Å². The van der Waals surface area contributed by atoms with E-state index in [0.29, 0.717) is 15.7 Å². The molecule has 1 aliphatic rings. The fraction of sp³-hybridized carbons (Fsp3) is 0.467. The van der Waals surface area contributed by atoms with Gasteiger partial charge in [-0.15, -0.1) is 11.8 Å². The number of rotatable bonds is 4. The molecule has 1 amide bonds. The van der Waals surface area contributed by atoms with Crippen LogP contribution in [0, 0.1) is 6.92 Å². The Hall–Kier alpha value is -1.54. The summed E-state index contributed by atoms with van der Waals surface area (Å²) < 4.78 is 24.3. The second-order valence-electron chi connectivity index (χ2n) is 5.75. The van der Waals surface area contributed by atoms with E-state index in [0.717, 1.165) is 19.1 Å². The Bertz CT molecular complexity index is 747. The van der Waals surface area contributed by atoms with Crippen molar-refractivity contribution in [2.75, 3.05) is 6.26 Å². The second kappa shape index (κ2) is 6.92. The van der Waals surface area contributed by atoms with Crippen LogP contribution in [0.5, 0.6) is 0 Å². The van der Waals surface area contributed by atoms with E-state index in [-0.39, 0.29) is 16.4 Å². The summed E-state index contributed by atoms with van der Waals surface area (Å²) in [5, 5.41) is 0.425. The topological polar surface area (TPSA) is 116 Å². The van der Waals surface area contributed by atoms with Crippen LogP contribution in [0.3, 0.4) is 0 Å². The van der Waals surface area contributed by atoms with Crippen LogP contribution in [-0.2, 0) is 9.84 Å². The second-order valence-corrected chi connectivity index (χ2v) is 9.08. The minimum Gasteiger partial charge on any atom is -0.370 e. The van der Waals surface area contributed by atoms with Crippen LogP contribution >= 0.6 is 11.8 Å². The number of thioether (sulfide) groups is 1. The maximum Gasteiger partial charge on any atom is 0.280 e. The minimum absolute atomic E-state index is 0.161. The number of sulfone groups is 1. The van der Waals surface area contributed by atoms with E-state index < -0.39 is 15.7 Å². The summed E-state index contributed by atoms with van der Waals surface area (Å²) in [7, 11) is -3.46. The molecule has 6 nitrogen and oxygen atoms in total. The van der Waals surface area contributed by atoms with Gasteiger partial charge in [-0.1, -0.05) is 12.8 Å². The summed E-state index contributed by atoms with van der Waals surface area (Å²) in [6.07, 6.45) is 5.66. The van der Waals surface area contributed by atoms with Crippen LogP contribution in [0.2, 0.25) is 0 Å². The van der Waals surface area contributed by atoms with Gasteiger partial charge in [-0.3, -0.25) is 4.79 Å². The molecule has 0 saturated heterocycles. The third kappa shape index (κ3) is 4.48. The molecule has 1 fully saturated rings. The molecule has 0 aromatic heterocycles. The number of benzene rings is 1. The van der Waals surface area contributed by atoms with E-state index in [1.54, 1.807) is 24.8 Å². The zero-order valence-corrected chi connectivity index (χ0v) is 14.8. The van der Waals surface area contributed by atoms with Crippen molar-refractivity contribution in [3.63, 3.8) is 0 Å². The van der Waals surface area contributed by atoms with Crippen LogP contribution in [0.25, 0.3) is 0 Å². The maximum absolute atomic E-state index is 12.1. The highest BCUT2D eigenvalue weighted by atomic mass is 32.2. The monoisotopic (exact) mass is 355 g/mol. The van der Waals surface area contributed by atoms with Gasteiger partial charge in [-0.05, 0) is 37.5 Å². The van der Waals surface area contributed by atoms with Gasteiger partial charge in [-0.2, -0.15) is 4.99 Å². The van der Waals surface area contributed by atoms with Gasteiger partial charge in [0.25, 0.3) is 5.91 Å². The molecule has 0 bridgehead atoms. The van der Waals surface area contributed by atoms with Crippen LogP contribution in [0.1, 0.15) is 41.6 Å². The molecule has 126 valence electrons. The number of carbonyl (C=O) groups excluding carboxylic acids is 1. The first kappa shape index (κ1) is 17.8. The normalized spacial score (nSPS) is 15.6. The third-order valence-corrected chi connectivity index (χ3v) is 6.41. The predicted octanol–water partition coefficient (Wildman–Crippen LogP) is 1.85.